The normalized spacial score (nSPS) is 15.8. The molecular formula is C12H20ClNO3. The van der Waals surface area contributed by atoms with Gasteiger partial charge in [0.2, 0.25) is 0 Å². The highest BCUT2D eigenvalue weighted by Gasteiger charge is 2.26. The fraction of sp³-hybridized carbons (Fsp3) is 0.583. The molecule has 98 valence electrons. The molecule has 0 saturated heterocycles. The maximum absolute atomic E-state index is 10.8. The number of nitrogens with two attached hydrogens (primary N) is 1. The molecule has 0 fully saturated rings. The summed E-state index contributed by atoms with van der Waals surface area (Å²) in [5, 5.41) is 10.2. The number of halogens is 1. The largest absolute Gasteiger partial charge is 0.439 e. The van der Waals surface area contributed by atoms with Crippen LogP contribution in [0.5, 0.6) is 0 Å². The predicted octanol–water partition coefficient (Wildman–Crippen LogP) is 2.70. The van der Waals surface area contributed by atoms with Crippen molar-refractivity contribution in [3.8, 4) is 0 Å². The molecule has 0 spiro atoms. The number of carbonyl (C=O) groups excluding carboxylic acids is 1. The van der Waals surface area contributed by atoms with Gasteiger partial charge in [-0.2, -0.15) is 0 Å². The number of aliphatic hydroxyl groups excluding tert-OH is 1. The molecule has 0 aliphatic carbocycles. The molecule has 0 heterocycles. The minimum absolute atomic E-state index is 0.534. The zero-order valence-corrected chi connectivity index (χ0v) is 11.3. The highest BCUT2D eigenvalue weighted by Crippen LogP contribution is 2.27. The summed E-state index contributed by atoms with van der Waals surface area (Å²) in [6, 6.07) is 0. The lowest BCUT2D eigenvalue weighted by Gasteiger charge is -2.24. The van der Waals surface area contributed by atoms with Crippen molar-refractivity contribution in [1.82, 2.24) is 0 Å². The van der Waals surface area contributed by atoms with Crippen LogP contribution in [0.15, 0.2) is 22.8 Å². The zero-order valence-electron chi connectivity index (χ0n) is 10.5. The Bertz CT molecular complexity index is 324. The minimum atomic E-state index is -0.949. The van der Waals surface area contributed by atoms with Gasteiger partial charge in [-0.05, 0) is 20.3 Å². The third-order valence-electron chi connectivity index (χ3n) is 2.19. The molecule has 0 aromatic rings. The van der Waals surface area contributed by atoms with Gasteiger partial charge in [0.05, 0.1) is 6.10 Å². The molecule has 0 rings (SSSR count). The molecule has 0 saturated carbocycles. The average molecular weight is 262 g/mol. The quantitative estimate of drug-likeness (QED) is 0.722. The van der Waals surface area contributed by atoms with Crippen LogP contribution in [0.3, 0.4) is 0 Å². The van der Waals surface area contributed by atoms with E-state index >= 15 is 0 Å². The predicted molar refractivity (Wildman–Crippen MR) is 68.7 cm³/mol. The van der Waals surface area contributed by atoms with Gasteiger partial charge in [-0.15, -0.1) is 0 Å². The molecule has 0 bridgehead atoms. The van der Waals surface area contributed by atoms with Crippen LogP contribution in [-0.2, 0) is 4.74 Å². The molecule has 0 aromatic carbocycles. The number of hydrogen-bond acceptors (Lipinski definition) is 3. The van der Waals surface area contributed by atoms with Crippen LogP contribution in [-0.4, -0.2) is 23.4 Å². The third-order valence-corrected chi connectivity index (χ3v) is 2.58. The lowest BCUT2D eigenvalue weighted by atomic mass is 9.97. The van der Waals surface area contributed by atoms with E-state index in [0.29, 0.717) is 22.6 Å². The number of allylic oxidation sites excluding steroid dienone is 1. The second-order valence-electron chi connectivity index (χ2n) is 3.95. The summed E-state index contributed by atoms with van der Waals surface area (Å²) < 4.78 is 4.89. The maximum atomic E-state index is 10.8. The fourth-order valence-corrected chi connectivity index (χ4v) is 1.96. The maximum Gasteiger partial charge on any atom is 0.405 e. The minimum Gasteiger partial charge on any atom is -0.439 e. The SMILES string of the molecule is C=C(C)/C(=C(/Cl)CCC)[C@@H](OC(N)=O)[C@@H](C)O. The molecule has 0 aliphatic heterocycles. The van der Waals surface area contributed by atoms with Crippen molar-refractivity contribution < 1.29 is 14.6 Å². The van der Waals surface area contributed by atoms with E-state index in [1.807, 2.05) is 6.92 Å². The van der Waals surface area contributed by atoms with Crippen molar-refractivity contribution in [2.45, 2.75) is 45.8 Å². The van der Waals surface area contributed by atoms with Crippen molar-refractivity contribution in [3.63, 3.8) is 0 Å². The van der Waals surface area contributed by atoms with Crippen molar-refractivity contribution in [3.05, 3.63) is 22.8 Å². The Kier molecular flexibility index (Phi) is 6.92. The molecule has 5 heteroatoms. The molecule has 3 N–H and O–H groups in total. The zero-order chi connectivity index (χ0) is 13.6. The summed E-state index contributed by atoms with van der Waals surface area (Å²) in [5.41, 5.74) is 6.17. The lowest BCUT2D eigenvalue weighted by Crippen LogP contribution is -2.34. The van der Waals surface area contributed by atoms with Gasteiger partial charge < -0.3 is 15.6 Å². The Hall–Kier alpha value is -1.00. The highest BCUT2D eigenvalue weighted by atomic mass is 35.5. The van der Waals surface area contributed by atoms with E-state index in [1.165, 1.54) is 6.92 Å². The Morgan fingerprint density at radius 2 is 2.12 bits per heavy atom. The Morgan fingerprint density at radius 3 is 2.41 bits per heavy atom. The van der Waals surface area contributed by atoms with E-state index in [9.17, 15) is 9.90 Å². The van der Waals surface area contributed by atoms with Gasteiger partial charge in [-0.25, -0.2) is 4.79 Å². The summed E-state index contributed by atoms with van der Waals surface area (Å²) in [4.78, 5) is 10.8. The second-order valence-corrected chi connectivity index (χ2v) is 4.40. The van der Waals surface area contributed by atoms with Crippen LogP contribution < -0.4 is 5.73 Å². The van der Waals surface area contributed by atoms with Crippen LogP contribution >= 0.6 is 11.6 Å². The summed E-state index contributed by atoms with van der Waals surface area (Å²) in [5.74, 6) is 0. The topological polar surface area (TPSA) is 72.5 Å². The van der Waals surface area contributed by atoms with E-state index in [0.717, 1.165) is 6.42 Å². The Morgan fingerprint density at radius 1 is 1.59 bits per heavy atom. The molecule has 4 nitrogen and oxygen atoms in total. The molecule has 0 aromatic heterocycles. The summed E-state index contributed by atoms with van der Waals surface area (Å²) in [6.45, 7) is 9.01. The number of carbonyl (C=O) groups is 1. The van der Waals surface area contributed by atoms with Gasteiger partial charge in [-0.3, -0.25) is 0 Å². The van der Waals surface area contributed by atoms with E-state index in [4.69, 9.17) is 22.1 Å². The molecule has 0 radical (unpaired) electrons. The van der Waals surface area contributed by atoms with Crippen LogP contribution in [0, 0.1) is 0 Å². The van der Waals surface area contributed by atoms with Gasteiger partial charge >= 0.3 is 6.09 Å². The second kappa shape index (κ2) is 7.35. The van der Waals surface area contributed by atoms with Gasteiger partial charge in [0.1, 0.15) is 0 Å². The van der Waals surface area contributed by atoms with Crippen molar-refractivity contribution in [1.29, 1.82) is 0 Å². The van der Waals surface area contributed by atoms with E-state index in [2.05, 4.69) is 6.58 Å². The van der Waals surface area contributed by atoms with Crippen LogP contribution in [0.2, 0.25) is 0 Å². The Balaban J connectivity index is 5.31. The molecule has 2 atom stereocenters. The first-order valence-electron chi connectivity index (χ1n) is 5.49. The van der Waals surface area contributed by atoms with Gasteiger partial charge in [0, 0.05) is 10.6 Å². The molecule has 0 aliphatic rings. The van der Waals surface area contributed by atoms with Gasteiger partial charge in [0.15, 0.2) is 6.10 Å². The monoisotopic (exact) mass is 261 g/mol. The lowest BCUT2D eigenvalue weighted by molar-refractivity contribution is 0.0369. The number of hydrogen-bond donors (Lipinski definition) is 2. The molecule has 17 heavy (non-hydrogen) atoms. The van der Waals surface area contributed by atoms with Crippen LogP contribution in [0.4, 0.5) is 4.79 Å². The summed E-state index contributed by atoms with van der Waals surface area (Å²) >= 11 is 6.14. The first-order valence-corrected chi connectivity index (χ1v) is 5.87. The standard InChI is InChI=1S/C12H20ClNO3/c1-5-6-9(13)10(7(2)3)11(8(4)15)17-12(14)16/h8,11,15H,2,5-6H2,1,3-4H3,(H2,14,16)/b10-9-/t8-,11+/m1/s1. The van der Waals surface area contributed by atoms with Crippen LogP contribution in [0.25, 0.3) is 0 Å². The first kappa shape index (κ1) is 16.0. The Labute approximate surface area is 107 Å². The number of primary amides is 1. The number of amides is 1. The first-order chi connectivity index (χ1) is 7.81. The average Bonchev–Trinajstić information content (AvgIpc) is 2.15. The number of aliphatic hydroxyl groups is 1. The third kappa shape index (κ3) is 5.24. The van der Waals surface area contributed by atoms with Crippen molar-refractivity contribution in [2.75, 3.05) is 0 Å². The smallest absolute Gasteiger partial charge is 0.405 e. The highest BCUT2D eigenvalue weighted by molar-refractivity contribution is 6.30. The number of rotatable bonds is 6. The van der Waals surface area contributed by atoms with E-state index < -0.39 is 18.3 Å². The summed E-state index contributed by atoms with van der Waals surface area (Å²) in [6.07, 6.45) is -1.24. The van der Waals surface area contributed by atoms with Crippen molar-refractivity contribution in [2.24, 2.45) is 5.73 Å². The van der Waals surface area contributed by atoms with Crippen molar-refractivity contribution >= 4 is 17.7 Å². The molecule has 1 amide bonds. The molecular weight excluding hydrogens is 242 g/mol. The number of ether oxygens (including phenoxy) is 1. The van der Waals surface area contributed by atoms with Crippen LogP contribution in [0.1, 0.15) is 33.6 Å². The molecule has 0 unspecified atom stereocenters. The van der Waals surface area contributed by atoms with E-state index in [-0.39, 0.29) is 0 Å². The summed E-state index contributed by atoms with van der Waals surface area (Å²) in [7, 11) is 0. The fourth-order valence-electron chi connectivity index (χ4n) is 1.51. The van der Waals surface area contributed by atoms with Gasteiger partial charge in [-0.1, -0.05) is 37.1 Å². The van der Waals surface area contributed by atoms with E-state index in [1.54, 1.807) is 6.92 Å². The van der Waals surface area contributed by atoms with Gasteiger partial charge in [0.25, 0.3) is 0 Å².